The van der Waals surface area contributed by atoms with E-state index in [2.05, 4.69) is 23.9 Å². The average Bonchev–Trinajstić information content (AvgIpc) is 2.33. The molecule has 0 amide bonds. The van der Waals surface area contributed by atoms with Crippen molar-refractivity contribution in [2.24, 2.45) is 0 Å². The van der Waals surface area contributed by atoms with Gasteiger partial charge in [-0.25, -0.2) is 13.1 Å². The number of hydrogen-bond donors (Lipinski definition) is 2. The van der Waals surface area contributed by atoms with Gasteiger partial charge in [0.25, 0.3) is 0 Å². The second-order valence-corrected chi connectivity index (χ2v) is 7.16. The maximum absolute atomic E-state index is 11.8. The van der Waals surface area contributed by atoms with E-state index in [0.29, 0.717) is 0 Å². The molecule has 0 aliphatic rings. The molecular weight excluding hydrogens is 260 g/mol. The zero-order valence-corrected chi connectivity index (χ0v) is 13.7. The molecule has 0 aliphatic heterocycles. The van der Waals surface area contributed by atoms with Crippen LogP contribution in [-0.4, -0.2) is 33.3 Å². The molecule has 0 aromatic carbocycles. The van der Waals surface area contributed by atoms with Gasteiger partial charge in [-0.1, -0.05) is 33.1 Å². The van der Waals surface area contributed by atoms with E-state index in [1.54, 1.807) is 0 Å². The molecule has 1 unspecified atom stereocenters. The first kappa shape index (κ1) is 18.9. The summed E-state index contributed by atoms with van der Waals surface area (Å²) in [5.74, 6) is 0.249. The lowest BCUT2D eigenvalue weighted by atomic mass is 10.1. The fourth-order valence-electron chi connectivity index (χ4n) is 1.97. The molecule has 0 aliphatic carbocycles. The summed E-state index contributed by atoms with van der Waals surface area (Å²) in [7, 11) is -3.09. The largest absolute Gasteiger partial charge is 0.317 e. The smallest absolute Gasteiger partial charge is 0.211 e. The Kier molecular flexibility index (Phi) is 11.6. The Hall–Kier alpha value is -0.130. The summed E-state index contributed by atoms with van der Waals surface area (Å²) in [5.41, 5.74) is 0. The molecule has 0 radical (unpaired) electrons. The summed E-state index contributed by atoms with van der Waals surface area (Å²) in [6.45, 7) is 8.16. The van der Waals surface area contributed by atoms with Crippen LogP contribution in [-0.2, 0) is 10.0 Å². The van der Waals surface area contributed by atoms with Crippen LogP contribution in [0.2, 0.25) is 0 Å². The minimum absolute atomic E-state index is 0.0646. The molecule has 4 nitrogen and oxygen atoms in total. The molecule has 0 bridgehead atoms. The molecule has 0 aromatic rings. The Labute approximate surface area is 119 Å². The highest BCUT2D eigenvalue weighted by Gasteiger charge is 2.13. The molecule has 0 aromatic heterocycles. The lowest BCUT2D eigenvalue weighted by Crippen LogP contribution is -2.34. The van der Waals surface area contributed by atoms with Crippen LogP contribution in [0.4, 0.5) is 0 Å². The lowest BCUT2D eigenvalue weighted by Gasteiger charge is -2.14. The van der Waals surface area contributed by atoms with Crippen molar-refractivity contribution in [3.05, 3.63) is 0 Å². The third-order valence-corrected chi connectivity index (χ3v) is 4.65. The summed E-state index contributed by atoms with van der Waals surface area (Å²) in [6, 6.07) is 0.0646. The van der Waals surface area contributed by atoms with Gasteiger partial charge in [0.1, 0.15) is 0 Å². The lowest BCUT2D eigenvalue weighted by molar-refractivity contribution is 0.524. The van der Waals surface area contributed by atoms with E-state index in [1.165, 1.54) is 12.8 Å². The number of rotatable bonds is 13. The van der Waals surface area contributed by atoms with E-state index in [9.17, 15) is 8.42 Å². The highest BCUT2D eigenvalue weighted by atomic mass is 32.2. The van der Waals surface area contributed by atoms with Crippen LogP contribution in [0.5, 0.6) is 0 Å². The molecule has 0 saturated carbocycles. The summed E-state index contributed by atoms with van der Waals surface area (Å²) in [5, 5.41) is 3.28. The molecule has 5 heteroatoms. The van der Waals surface area contributed by atoms with Crippen LogP contribution in [0, 0.1) is 0 Å². The maximum Gasteiger partial charge on any atom is 0.211 e. The minimum atomic E-state index is -3.09. The Morgan fingerprint density at radius 2 is 1.68 bits per heavy atom. The molecule has 0 spiro atoms. The second kappa shape index (κ2) is 11.7. The topological polar surface area (TPSA) is 58.2 Å². The van der Waals surface area contributed by atoms with Crippen LogP contribution in [0.25, 0.3) is 0 Å². The van der Waals surface area contributed by atoms with Gasteiger partial charge < -0.3 is 5.32 Å². The summed E-state index contributed by atoms with van der Waals surface area (Å²) in [4.78, 5) is 0. The average molecular weight is 292 g/mol. The number of sulfonamides is 1. The first-order valence-electron chi connectivity index (χ1n) is 7.72. The van der Waals surface area contributed by atoms with Gasteiger partial charge in [0, 0.05) is 6.04 Å². The maximum atomic E-state index is 11.8. The van der Waals surface area contributed by atoms with Crippen LogP contribution in [0.1, 0.15) is 65.7 Å². The molecule has 19 heavy (non-hydrogen) atoms. The van der Waals surface area contributed by atoms with Gasteiger partial charge in [0.15, 0.2) is 0 Å². The van der Waals surface area contributed by atoms with Crippen molar-refractivity contribution >= 4 is 10.0 Å². The summed E-state index contributed by atoms with van der Waals surface area (Å²) < 4.78 is 26.4. The molecular formula is C14H32N2O2S. The second-order valence-electron chi connectivity index (χ2n) is 5.29. The van der Waals surface area contributed by atoms with Crippen molar-refractivity contribution in [2.75, 3.05) is 18.8 Å². The monoisotopic (exact) mass is 292 g/mol. The first-order valence-corrected chi connectivity index (χ1v) is 9.37. The quantitative estimate of drug-likeness (QED) is 0.513. The van der Waals surface area contributed by atoms with Gasteiger partial charge in [0.2, 0.25) is 10.0 Å². The Morgan fingerprint density at radius 3 is 2.32 bits per heavy atom. The van der Waals surface area contributed by atoms with Gasteiger partial charge in [0.05, 0.1) is 5.75 Å². The van der Waals surface area contributed by atoms with Crippen molar-refractivity contribution in [3.8, 4) is 0 Å². The van der Waals surface area contributed by atoms with E-state index < -0.39 is 10.0 Å². The van der Waals surface area contributed by atoms with E-state index in [0.717, 1.165) is 45.2 Å². The molecule has 1 atom stereocenters. The molecule has 0 rings (SSSR count). The third kappa shape index (κ3) is 12.6. The molecule has 2 N–H and O–H groups in total. The molecule has 116 valence electrons. The highest BCUT2D eigenvalue weighted by Crippen LogP contribution is 2.05. The van der Waals surface area contributed by atoms with Crippen LogP contribution in [0.3, 0.4) is 0 Å². The van der Waals surface area contributed by atoms with E-state index in [-0.39, 0.29) is 11.8 Å². The summed E-state index contributed by atoms with van der Waals surface area (Å²) >= 11 is 0. The Bertz CT molecular complexity index is 292. The van der Waals surface area contributed by atoms with Crippen LogP contribution < -0.4 is 10.0 Å². The van der Waals surface area contributed by atoms with Crippen molar-refractivity contribution in [1.29, 1.82) is 0 Å². The van der Waals surface area contributed by atoms with Crippen molar-refractivity contribution < 1.29 is 8.42 Å². The van der Waals surface area contributed by atoms with Crippen molar-refractivity contribution in [3.63, 3.8) is 0 Å². The SMILES string of the molecule is CCCCCC(C)NS(=O)(=O)CCCCNCCC. The van der Waals surface area contributed by atoms with Gasteiger partial charge in [-0.3, -0.25) is 0 Å². The predicted molar refractivity (Wildman–Crippen MR) is 82.9 cm³/mol. The normalized spacial score (nSPS) is 13.6. The summed E-state index contributed by atoms with van der Waals surface area (Å²) in [6.07, 6.45) is 7.15. The Balaban J connectivity index is 3.67. The van der Waals surface area contributed by atoms with E-state index in [1.807, 2.05) is 6.92 Å². The van der Waals surface area contributed by atoms with E-state index >= 15 is 0 Å². The molecule has 0 saturated heterocycles. The number of unbranched alkanes of at least 4 members (excludes halogenated alkanes) is 3. The van der Waals surface area contributed by atoms with Gasteiger partial charge in [-0.2, -0.15) is 0 Å². The van der Waals surface area contributed by atoms with Crippen LogP contribution >= 0.6 is 0 Å². The molecule has 0 heterocycles. The third-order valence-electron chi connectivity index (χ3n) is 3.06. The zero-order chi connectivity index (χ0) is 14.6. The van der Waals surface area contributed by atoms with Gasteiger partial charge >= 0.3 is 0 Å². The predicted octanol–water partition coefficient (Wildman–Crippen LogP) is 2.65. The number of nitrogens with one attached hydrogen (secondary N) is 2. The minimum Gasteiger partial charge on any atom is -0.317 e. The molecule has 0 fully saturated rings. The Morgan fingerprint density at radius 1 is 0.947 bits per heavy atom. The van der Waals surface area contributed by atoms with Crippen molar-refractivity contribution in [2.45, 2.75) is 71.8 Å². The first-order chi connectivity index (χ1) is 9.02. The number of hydrogen-bond acceptors (Lipinski definition) is 3. The van der Waals surface area contributed by atoms with Gasteiger partial charge in [-0.15, -0.1) is 0 Å². The van der Waals surface area contributed by atoms with Crippen LogP contribution in [0.15, 0.2) is 0 Å². The fourth-order valence-corrected chi connectivity index (χ4v) is 3.40. The zero-order valence-electron chi connectivity index (χ0n) is 12.9. The standard InChI is InChI=1S/C14H32N2O2S/c1-4-6-7-10-14(3)16-19(17,18)13-9-8-12-15-11-5-2/h14-16H,4-13H2,1-3H3. The van der Waals surface area contributed by atoms with Crippen molar-refractivity contribution in [1.82, 2.24) is 10.0 Å². The highest BCUT2D eigenvalue weighted by molar-refractivity contribution is 7.89. The van der Waals surface area contributed by atoms with E-state index in [4.69, 9.17) is 0 Å². The van der Waals surface area contributed by atoms with Gasteiger partial charge in [-0.05, 0) is 45.7 Å². The fraction of sp³-hybridized carbons (Fsp3) is 1.00.